The Bertz CT molecular complexity index is 927. The van der Waals surface area contributed by atoms with Crippen LogP contribution < -0.4 is 15.4 Å². The van der Waals surface area contributed by atoms with E-state index in [0.29, 0.717) is 32.7 Å². The van der Waals surface area contributed by atoms with Crippen molar-refractivity contribution in [1.29, 1.82) is 0 Å². The van der Waals surface area contributed by atoms with Crippen LogP contribution in [0.3, 0.4) is 0 Å². The maximum atomic E-state index is 12.4. The molecule has 0 aliphatic rings. The second kappa shape index (κ2) is 7.99. The number of ether oxygens (including phenoxy) is 1. The van der Waals surface area contributed by atoms with Crippen LogP contribution in [-0.2, 0) is 0 Å². The zero-order valence-electron chi connectivity index (χ0n) is 13.7. The van der Waals surface area contributed by atoms with E-state index in [1.165, 1.54) is 30.7 Å². The fraction of sp³-hybridized carbons (Fsp3) is 0.0556. The summed E-state index contributed by atoms with van der Waals surface area (Å²) in [5, 5.41) is 7.60. The lowest BCUT2D eigenvalue weighted by Crippen LogP contribution is -2.14. The first kappa shape index (κ1) is 17.9. The molecule has 0 unspecified atom stereocenters. The molecule has 2 aromatic heterocycles. The molecule has 0 saturated heterocycles. The van der Waals surface area contributed by atoms with Crippen LogP contribution >= 0.6 is 22.9 Å². The highest BCUT2D eigenvalue weighted by atomic mass is 35.5. The summed E-state index contributed by atoms with van der Waals surface area (Å²) in [6.07, 6.45) is 1.49. The minimum Gasteiger partial charge on any atom is -0.481 e. The summed E-state index contributed by atoms with van der Waals surface area (Å²) in [5.74, 6) is -0.174. The van der Waals surface area contributed by atoms with Crippen LogP contribution in [0.1, 0.15) is 20.0 Å². The molecular formula is C18H14ClN3O3S. The van der Waals surface area contributed by atoms with Crippen molar-refractivity contribution in [2.45, 2.75) is 0 Å². The molecule has 0 saturated carbocycles. The molecule has 0 bridgehead atoms. The first-order chi connectivity index (χ1) is 12.6. The van der Waals surface area contributed by atoms with Gasteiger partial charge in [0.25, 0.3) is 11.8 Å². The molecule has 0 atom stereocenters. The van der Waals surface area contributed by atoms with E-state index in [9.17, 15) is 9.59 Å². The first-order valence-corrected chi connectivity index (χ1v) is 8.78. The molecule has 132 valence electrons. The van der Waals surface area contributed by atoms with Crippen LogP contribution in [0, 0.1) is 0 Å². The van der Waals surface area contributed by atoms with Crippen molar-refractivity contribution in [2.75, 3.05) is 17.7 Å². The number of methoxy groups -OCH3 is 1. The van der Waals surface area contributed by atoms with Gasteiger partial charge >= 0.3 is 0 Å². The summed E-state index contributed by atoms with van der Waals surface area (Å²) in [6.45, 7) is 0. The quantitative estimate of drug-likeness (QED) is 0.683. The SMILES string of the molecule is COc1ccc(NC(=O)c2ccc(Cl)c(NC(=O)c3cccs3)c2)cn1. The number of nitrogens with one attached hydrogen (secondary N) is 2. The molecule has 0 radical (unpaired) electrons. The number of anilines is 2. The van der Waals surface area contributed by atoms with Crippen molar-refractivity contribution in [3.8, 4) is 5.88 Å². The normalized spacial score (nSPS) is 10.2. The number of pyridine rings is 1. The Morgan fingerprint density at radius 2 is 1.96 bits per heavy atom. The van der Waals surface area contributed by atoms with Crippen molar-refractivity contribution in [1.82, 2.24) is 4.98 Å². The summed E-state index contributed by atoms with van der Waals surface area (Å²) < 4.78 is 4.98. The minimum atomic E-state index is -0.347. The van der Waals surface area contributed by atoms with Gasteiger partial charge in [-0.15, -0.1) is 11.3 Å². The second-order valence-electron chi connectivity index (χ2n) is 5.17. The fourth-order valence-electron chi connectivity index (χ4n) is 2.13. The van der Waals surface area contributed by atoms with Gasteiger partial charge in [0.1, 0.15) is 0 Å². The summed E-state index contributed by atoms with van der Waals surface area (Å²) in [5.41, 5.74) is 1.24. The molecule has 0 aliphatic heterocycles. The zero-order chi connectivity index (χ0) is 18.5. The third-order valence-electron chi connectivity index (χ3n) is 3.43. The smallest absolute Gasteiger partial charge is 0.265 e. The fourth-order valence-corrected chi connectivity index (χ4v) is 2.92. The van der Waals surface area contributed by atoms with Crippen LogP contribution in [-0.4, -0.2) is 23.9 Å². The van der Waals surface area contributed by atoms with Crippen LogP contribution in [0.25, 0.3) is 0 Å². The van der Waals surface area contributed by atoms with Crippen LogP contribution in [0.2, 0.25) is 5.02 Å². The molecule has 0 fully saturated rings. The molecule has 6 nitrogen and oxygen atoms in total. The lowest BCUT2D eigenvalue weighted by molar-refractivity contribution is 0.101. The predicted molar refractivity (Wildman–Crippen MR) is 102 cm³/mol. The number of thiophene rings is 1. The van der Waals surface area contributed by atoms with Gasteiger partial charge in [-0.2, -0.15) is 0 Å². The van der Waals surface area contributed by atoms with Gasteiger partial charge in [-0.1, -0.05) is 17.7 Å². The highest BCUT2D eigenvalue weighted by Gasteiger charge is 2.13. The number of carbonyl (C=O) groups excluding carboxylic acids is 2. The number of hydrogen-bond donors (Lipinski definition) is 2. The molecule has 26 heavy (non-hydrogen) atoms. The molecule has 2 amide bonds. The van der Waals surface area contributed by atoms with Crippen molar-refractivity contribution in [3.63, 3.8) is 0 Å². The number of halogens is 1. The number of nitrogens with zero attached hydrogens (tertiary/aromatic N) is 1. The summed E-state index contributed by atoms with van der Waals surface area (Å²) in [6, 6.07) is 11.5. The molecule has 2 N–H and O–H groups in total. The topological polar surface area (TPSA) is 80.3 Å². The van der Waals surface area contributed by atoms with E-state index in [-0.39, 0.29) is 11.8 Å². The van der Waals surface area contributed by atoms with E-state index < -0.39 is 0 Å². The number of aromatic nitrogens is 1. The second-order valence-corrected chi connectivity index (χ2v) is 6.52. The third kappa shape index (κ3) is 4.19. The van der Waals surface area contributed by atoms with Gasteiger partial charge < -0.3 is 15.4 Å². The minimum absolute atomic E-state index is 0.279. The summed E-state index contributed by atoms with van der Waals surface area (Å²) >= 11 is 7.45. The maximum Gasteiger partial charge on any atom is 0.265 e. The van der Waals surface area contributed by atoms with Crippen LogP contribution in [0.4, 0.5) is 11.4 Å². The Kier molecular flexibility index (Phi) is 5.50. The Hall–Kier alpha value is -2.90. The third-order valence-corrected chi connectivity index (χ3v) is 4.62. The molecule has 2 heterocycles. The Morgan fingerprint density at radius 3 is 2.62 bits per heavy atom. The van der Waals surface area contributed by atoms with Crippen molar-refractivity contribution in [2.24, 2.45) is 0 Å². The summed E-state index contributed by atoms with van der Waals surface area (Å²) in [4.78, 5) is 29.2. The van der Waals surface area contributed by atoms with Crippen molar-refractivity contribution < 1.29 is 14.3 Å². The number of carbonyl (C=O) groups is 2. The Morgan fingerprint density at radius 1 is 1.12 bits per heavy atom. The number of rotatable bonds is 5. The highest BCUT2D eigenvalue weighted by molar-refractivity contribution is 7.12. The number of hydrogen-bond acceptors (Lipinski definition) is 5. The molecule has 0 aliphatic carbocycles. The van der Waals surface area contributed by atoms with E-state index in [0.717, 1.165) is 0 Å². The highest BCUT2D eigenvalue weighted by Crippen LogP contribution is 2.25. The average molecular weight is 388 g/mol. The maximum absolute atomic E-state index is 12.4. The number of amides is 2. The lowest BCUT2D eigenvalue weighted by atomic mass is 10.1. The lowest BCUT2D eigenvalue weighted by Gasteiger charge is -2.10. The van der Waals surface area contributed by atoms with E-state index in [1.807, 2.05) is 5.38 Å². The van der Waals surface area contributed by atoms with Crippen molar-refractivity contribution in [3.05, 3.63) is 69.5 Å². The molecule has 8 heteroatoms. The predicted octanol–water partition coefficient (Wildman–Crippen LogP) is 4.31. The summed E-state index contributed by atoms with van der Waals surface area (Å²) in [7, 11) is 1.51. The van der Waals surface area contributed by atoms with Gasteiger partial charge in [0.05, 0.1) is 34.6 Å². The van der Waals surface area contributed by atoms with Gasteiger partial charge in [0, 0.05) is 11.6 Å². The molecule has 0 spiro atoms. The molecule has 3 rings (SSSR count). The van der Waals surface area contributed by atoms with Gasteiger partial charge in [0.15, 0.2) is 0 Å². The first-order valence-electron chi connectivity index (χ1n) is 7.52. The van der Waals surface area contributed by atoms with Gasteiger partial charge in [-0.25, -0.2) is 4.98 Å². The van der Waals surface area contributed by atoms with Gasteiger partial charge in [-0.3, -0.25) is 9.59 Å². The Balaban J connectivity index is 1.75. The average Bonchev–Trinajstić information content (AvgIpc) is 3.19. The molecular weight excluding hydrogens is 374 g/mol. The van der Waals surface area contributed by atoms with Crippen LogP contribution in [0.5, 0.6) is 5.88 Å². The van der Waals surface area contributed by atoms with E-state index in [1.54, 1.807) is 36.4 Å². The van der Waals surface area contributed by atoms with E-state index in [2.05, 4.69) is 15.6 Å². The number of benzene rings is 1. The molecule has 3 aromatic rings. The van der Waals surface area contributed by atoms with Gasteiger partial charge in [0.2, 0.25) is 5.88 Å². The zero-order valence-corrected chi connectivity index (χ0v) is 15.2. The Labute approximate surface area is 158 Å². The molecule has 1 aromatic carbocycles. The van der Waals surface area contributed by atoms with Crippen LogP contribution in [0.15, 0.2) is 54.0 Å². The largest absolute Gasteiger partial charge is 0.481 e. The van der Waals surface area contributed by atoms with Crippen molar-refractivity contribution >= 4 is 46.1 Å². The van der Waals surface area contributed by atoms with E-state index in [4.69, 9.17) is 16.3 Å². The monoisotopic (exact) mass is 387 g/mol. The van der Waals surface area contributed by atoms with E-state index >= 15 is 0 Å². The standard InChI is InChI=1S/C18H14ClN3O3S/c1-25-16-7-5-12(10-20-16)21-17(23)11-4-6-13(19)14(9-11)22-18(24)15-3-2-8-26-15/h2-10H,1H3,(H,21,23)(H,22,24). The van der Waals surface area contributed by atoms with Gasteiger partial charge in [-0.05, 0) is 35.7 Å².